The summed E-state index contributed by atoms with van der Waals surface area (Å²) in [6, 6.07) is 12.2. The summed E-state index contributed by atoms with van der Waals surface area (Å²) in [4.78, 5) is 17.4. The molecule has 0 bridgehead atoms. The number of hydrogen-bond donors (Lipinski definition) is 1. The van der Waals surface area contributed by atoms with Gasteiger partial charge in [-0.25, -0.2) is 13.9 Å². The Kier molecular flexibility index (Phi) is 5.04. The number of halogens is 1. The number of aryl methyl sites for hydroxylation is 3. The highest BCUT2D eigenvalue weighted by Crippen LogP contribution is 2.23. The van der Waals surface area contributed by atoms with Crippen LogP contribution in [0.1, 0.15) is 29.2 Å². The van der Waals surface area contributed by atoms with Crippen molar-refractivity contribution in [2.45, 2.75) is 33.6 Å². The molecular weight excluding hydrogens is 423 g/mol. The van der Waals surface area contributed by atoms with Gasteiger partial charge in [0, 0.05) is 28.9 Å². The summed E-state index contributed by atoms with van der Waals surface area (Å²) in [5.74, 6) is -0.233. The Bertz CT molecular complexity index is 1520. The van der Waals surface area contributed by atoms with Crippen LogP contribution in [0.25, 0.3) is 22.2 Å². The van der Waals surface area contributed by atoms with Gasteiger partial charge in [-0.05, 0) is 73.5 Å². The summed E-state index contributed by atoms with van der Waals surface area (Å²) in [7, 11) is 0. The Morgan fingerprint density at radius 3 is 2.73 bits per heavy atom. The molecule has 0 unspecified atom stereocenters. The zero-order valence-corrected chi connectivity index (χ0v) is 18.4. The number of fused-ring (bicyclic) bond motifs is 3. The predicted molar refractivity (Wildman–Crippen MR) is 121 cm³/mol. The summed E-state index contributed by atoms with van der Waals surface area (Å²) in [6.07, 6.45) is 0.745. The van der Waals surface area contributed by atoms with Crippen molar-refractivity contribution in [1.29, 1.82) is 0 Å². The molecule has 9 nitrogen and oxygen atoms in total. The van der Waals surface area contributed by atoms with E-state index in [1.165, 1.54) is 22.9 Å². The highest BCUT2D eigenvalue weighted by molar-refractivity contribution is 5.92. The molecule has 0 atom stereocenters. The Morgan fingerprint density at radius 1 is 1.12 bits per heavy atom. The van der Waals surface area contributed by atoms with Gasteiger partial charge in [-0.1, -0.05) is 12.1 Å². The monoisotopic (exact) mass is 444 g/mol. The summed E-state index contributed by atoms with van der Waals surface area (Å²) >= 11 is 0. The summed E-state index contributed by atoms with van der Waals surface area (Å²) < 4.78 is 17.4. The number of tetrazole rings is 1. The largest absolute Gasteiger partial charge is 0.326 e. The summed E-state index contributed by atoms with van der Waals surface area (Å²) in [6.45, 7) is 5.60. The molecule has 0 fully saturated rings. The van der Waals surface area contributed by atoms with E-state index in [1.54, 1.807) is 6.92 Å². The van der Waals surface area contributed by atoms with Gasteiger partial charge in [-0.2, -0.15) is 9.78 Å². The van der Waals surface area contributed by atoms with E-state index in [2.05, 4.69) is 25.9 Å². The molecule has 0 spiro atoms. The average Bonchev–Trinajstić information content (AvgIpc) is 3.38. The molecule has 1 amide bonds. The van der Waals surface area contributed by atoms with Crippen LogP contribution in [-0.2, 0) is 11.2 Å². The topological polar surface area (TPSA) is 103 Å². The first-order valence-corrected chi connectivity index (χ1v) is 10.5. The van der Waals surface area contributed by atoms with Crippen LogP contribution in [-0.4, -0.2) is 40.7 Å². The van der Waals surface area contributed by atoms with Crippen LogP contribution in [0, 0.1) is 26.6 Å². The molecule has 166 valence electrons. The molecule has 3 heterocycles. The maximum absolute atomic E-state index is 14.3. The molecule has 0 radical (unpaired) electrons. The van der Waals surface area contributed by atoms with Crippen molar-refractivity contribution in [1.82, 2.24) is 34.8 Å². The smallest absolute Gasteiger partial charge is 0.224 e. The van der Waals surface area contributed by atoms with Gasteiger partial charge >= 0.3 is 0 Å². The molecule has 5 aromatic rings. The number of benzene rings is 2. The number of aromatic nitrogens is 7. The van der Waals surface area contributed by atoms with E-state index in [9.17, 15) is 9.18 Å². The minimum absolute atomic E-state index is 0.169. The lowest BCUT2D eigenvalue weighted by Gasteiger charge is -2.12. The van der Waals surface area contributed by atoms with Gasteiger partial charge in [0.1, 0.15) is 11.5 Å². The van der Waals surface area contributed by atoms with Gasteiger partial charge in [0.05, 0.1) is 5.52 Å². The van der Waals surface area contributed by atoms with Crippen molar-refractivity contribution in [3.05, 3.63) is 71.1 Å². The molecule has 3 aromatic heterocycles. The fraction of sp³-hybridized carbons (Fsp3) is 0.217. The standard InChI is InChI=1S/C23H21FN8O/c1-13-17(14(2)31-23(25-13)18-6-4-5-7-20(18)28-31)9-11-22(33)26-16-8-10-19(24)21(12-16)32-15(3)27-29-30-32/h4-8,10,12H,9,11H2,1-3H3,(H,26,33). The SMILES string of the molecule is Cc1nc2c3ccccc3nn2c(C)c1CCC(=O)Nc1ccc(F)c(-n2nnnc2C)c1. The van der Waals surface area contributed by atoms with Gasteiger partial charge in [-0.3, -0.25) is 4.79 Å². The van der Waals surface area contributed by atoms with Gasteiger partial charge in [0.15, 0.2) is 11.5 Å². The third-order valence-electron chi connectivity index (χ3n) is 5.70. The van der Waals surface area contributed by atoms with Gasteiger partial charge in [0.2, 0.25) is 5.91 Å². The lowest BCUT2D eigenvalue weighted by molar-refractivity contribution is -0.116. The number of carbonyl (C=O) groups is 1. The fourth-order valence-corrected chi connectivity index (χ4v) is 4.01. The van der Waals surface area contributed by atoms with Crippen LogP contribution in [0.15, 0.2) is 42.5 Å². The predicted octanol–water partition coefficient (Wildman–Crippen LogP) is 3.49. The lowest BCUT2D eigenvalue weighted by Crippen LogP contribution is -2.15. The second-order valence-corrected chi connectivity index (χ2v) is 7.87. The highest BCUT2D eigenvalue weighted by atomic mass is 19.1. The number of hydrogen-bond acceptors (Lipinski definition) is 6. The van der Waals surface area contributed by atoms with Crippen molar-refractivity contribution in [2.75, 3.05) is 5.32 Å². The highest BCUT2D eigenvalue weighted by Gasteiger charge is 2.16. The fourth-order valence-electron chi connectivity index (χ4n) is 4.01. The number of nitrogens with one attached hydrogen (secondary N) is 1. The van der Waals surface area contributed by atoms with Crippen molar-refractivity contribution in [3.8, 4) is 5.69 Å². The maximum Gasteiger partial charge on any atom is 0.224 e. The first-order chi connectivity index (χ1) is 15.9. The Balaban J connectivity index is 1.35. The van der Waals surface area contributed by atoms with Gasteiger partial charge < -0.3 is 5.32 Å². The number of amides is 1. The van der Waals surface area contributed by atoms with E-state index >= 15 is 0 Å². The average molecular weight is 444 g/mol. The summed E-state index contributed by atoms with van der Waals surface area (Å²) in [5.41, 5.74) is 5.14. The van der Waals surface area contributed by atoms with Crippen LogP contribution < -0.4 is 5.32 Å². The zero-order chi connectivity index (χ0) is 23.1. The molecule has 1 N–H and O–H groups in total. The number of carbonyl (C=O) groups excluding carboxylic acids is 1. The Labute approximate surface area is 188 Å². The number of anilines is 1. The second-order valence-electron chi connectivity index (χ2n) is 7.87. The van der Waals surface area contributed by atoms with Crippen molar-refractivity contribution < 1.29 is 9.18 Å². The molecular formula is C23H21FN8O. The molecule has 0 saturated carbocycles. The first kappa shape index (κ1) is 20.7. The Hall–Kier alpha value is -4.21. The quantitative estimate of drug-likeness (QED) is 0.445. The number of nitrogens with zero attached hydrogens (tertiary/aromatic N) is 7. The van der Waals surface area contributed by atoms with Crippen molar-refractivity contribution in [3.63, 3.8) is 0 Å². The summed E-state index contributed by atoms with van der Waals surface area (Å²) in [5, 5.41) is 19.6. The minimum Gasteiger partial charge on any atom is -0.326 e. The van der Waals surface area contributed by atoms with E-state index < -0.39 is 5.82 Å². The van der Waals surface area contributed by atoms with E-state index in [1.807, 2.05) is 42.6 Å². The van der Waals surface area contributed by atoms with Crippen molar-refractivity contribution >= 4 is 28.1 Å². The normalized spacial score (nSPS) is 11.4. The van der Waals surface area contributed by atoms with Gasteiger partial charge in [0.25, 0.3) is 0 Å². The molecule has 5 rings (SSSR count). The molecule has 0 aliphatic carbocycles. The molecule has 0 aliphatic heterocycles. The van der Waals surface area contributed by atoms with E-state index in [4.69, 9.17) is 4.98 Å². The molecule has 0 saturated heterocycles. The minimum atomic E-state index is -0.486. The molecule has 33 heavy (non-hydrogen) atoms. The molecule has 10 heteroatoms. The van der Waals surface area contributed by atoms with Gasteiger partial charge in [-0.15, -0.1) is 5.10 Å². The van der Waals surface area contributed by atoms with E-state index in [0.29, 0.717) is 17.9 Å². The first-order valence-electron chi connectivity index (χ1n) is 10.5. The van der Waals surface area contributed by atoms with Crippen LogP contribution in [0.3, 0.4) is 0 Å². The molecule has 2 aromatic carbocycles. The van der Waals surface area contributed by atoms with Crippen LogP contribution in [0.4, 0.5) is 10.1 Å². The van der Waals surface area contributed by atoms with E-state index in [0.717, 1.165) is 33.5 Å². The van der Waals surface area contributed by atoms with Crippen molar-refractivity contribution in [2.24, 2.45) is 0 Å². The maximum atomic E-state index is 14.3. The third kappa shape index (κ3) is 3.69. The lowest BCUT2D eigenvalue weighted by atomic mass is 10.1. The second kappa shape index (κ2) is 8.05. The third-order valence-corrected chi connectivity index (χ3v) is 5.70. The Morgan fingerprint density at radius 2 is 1.94 bits per heavy atom. The van der Waals surface area contributed by atoms with Crippen LogP contribution >= 0.6 is 0 Å². The zero-order valence-electron chi connectivity index (χ0n) is 18.4. The molecule has 0 aliphatic rings. The van der Waals surface area contributed by atoms with Crippen LogP contribution in [0.5, 0.6) is 0 Å². The number of rotatable bonds is 5. The van der Waals surface area contributed by atoms with E-state index in [-0.39, 0.29) is 18.0 Å². The van der Waals surface area contributed by atoms with Crippen LogP contribution in [0.2, 0.25) is 0 Å².